The van der Waals surface area contributed by atoms with E-state index in [4.69, 9.17) is 0 Å². The van der Waals surface area contributed by atoms with E-state index >= 15 is 0 Å². The van der Waals surface area contributed by atoms with Crippen molar-refractivity contribution < 1.29 is 8.78 Å². The number of benzene rings is 2. The molecule has 0 saturated heterocycles. The van der Waals surface area contributed by atoms with E-state index in [1.54, 1.807) is 6.07 Å². The van der Waals surface area contributed by atoms with E-state index in [9.17, 15) is 8.78 Å². The summed E-state index contributed by atoms with van der Waals surface area (Å²) in [4.78, 5) is 0. The molecule has 0 amide bonds. The molecule has 2 heteroatoms. The minimum atomic E-state index is -0.823. The molecule has 26 heavy (non-hydrogen) atoms. The van der Waals surface area contributed by atoms with Gasteiger partial charge in [0.15, 0.2) is 11.6 Å². The van der Waals surface area contributed by atoms with E-state index in [0.29, 0.717) is 11.5 Å². The summed E-state index contributed by atoms with van der Waals surface area (Å²) in [6.45, 7) is 2.08. The SMILES string of the molecule is CC=CCC1CCC(C#Cc2ccc(-c3ccc(F)c(F)c3)cc2)CC1. The smallest absolute Gasteiger partial charge is 0.159 e. The van der Waals surface area contributed by atoms with Gasteiger partial charge < -0.3 is 0 Å². The molecule has 0 bridgehead atoms. The molecule has 0 nitrogen and oxygen atoms in total. The van der Waals surface area contributed by atoms with Crippen molar-refractivity contribution in [1.29, 1.82) is 0 Å². The Bertz CT molecular complexity index is 814. The number of rotatable bonds is 3. The van der Waals surface area contributed by atoms with Gasteiger partial charge in [-0.15, -0.1) is 0 Å². The van der Waals surface area contributed by atoms with Gasteiger partial charge in [0, 0.05) is 11.5 Å². The highest BCUT2D eigenvalue weighted by molar-refractivity contribution is 5.64. The summed E-state index contributed by atoms with van der Waals surface area (Å²) in [6.07, 6.45) is 10.5. The van der Waals surface area contributed by atoms with E-state index < -0.39 is 11.6 Å². The lowest BCUT2D eigenvalue weighted by Gasteiger charge is -2.24. The second-order valence-electron chi connectivity index (χ2n) is 7.00. The Morgan fingerprint density at radius 1 is 0.923 bits per heavy atom. The van der Waals surface area contributed by atoms with Gasteiger partial charge in [-0.25, -0.2) is 8.78 Å². The maximum atomic E-state index is 13.4. The fraction of sp³-hybridized carbons (Fsp3) is 0.333. The second-order valence-corrected chi connectivity index (χ2v) is 7.00. The topological polar surface area (TPSA) is 0 Å². The van der Waals surface area contributed by atoms with Crippen molar-refractivity contribution in [2.45, 2.75) is 39.0 Å². The number of hydrogen-bond acceptors (Lipinski definition) is 0. The van der Waals surface area contributed by atoms with Gasteiger partial charge in [0.05, 0.1) is 0 Å². The molecular formula is C24H24F2. The zero-order valence-corrected chi connectivity index (χ0v) is 15.1. The largest absolute Gasteiger partial charge is 0.204 e. The highest BCUT2D eigenvalue weighted by Crippen LogP contribution is 2.30. The zero-order chi connectivity index (χ0) is 18.4. The van der Waals surface area contributed by atoms with Crippen LogP contribution in [0.2, 0.25) is 0 Å². The Morgan fingerprint density at radius 3 is 2.27 bits per heavy atom. The quantitative estimate of drug-likeness (QED) is 0.424. The van der Waals surface area contributed by atoms with Crippen molar-refractivity contribution in [3.8, 4) is 23.0 Å². The van der Waals surface area contributed by atoms with Crippen LogP contribution in [-0.2, 0) is 0 Å². The molecule has 1 saturated carbocycles. The van der Waals surface area contributed by atoms with E-state index in [2.05, 4.69) is 30.9 Å². The van der Waals surface area contributed by atoms with Gasteiger partial charge >= 0.3 is 0 Å². The molecule has 0 N–H and O–H groups in total. The molecule has 0 atom stereocenters. The third kappa shape index (κ3) is 4.82. The summed E-state index contributed by atoms with van der Waals surface area (Å²) in [6, 6.07) is 11.7. The lowest BCUT2D eigenvalue weighted by molar-refractivity contribution is 0.319. The van der Waals surface area contributed by atoms with Gasteiger partial charge in [0.1, 0.15) is 0 Å². The number of allylic oxidation sites excluding steroid dienone is 2. The molecule has 0 radical (unpaired) electrons. The van der Waals surface area contributed by atoms with E-state index in [0.717, 1.165) is 23.1 Å². The van der Waals surface area contributed by atoms with Crippen LogP contribution in [-0.4, -0.2) is 0 Å². The van der Waals surface area contributed by atoms with E-state index in [-0.39, 0.29) is 0 Å². The molecule has 2 aromatic carbocycles. The molecule has 0 aromatic heterocycles. The Hall–Kier alpha value is -2.40. The Morgan fingerprint density at radius 2 is 1.62 bits per heavy atom. The first-order valence-corrected chi connectivity index (χ1v) is 9.34. The normalized spacial score (nSPS) is 20.0. The summed E-state index contributed by atoms with van der Waals surface area (Å²) in [5.74, 6) is 6.35. The number of hydrogen-bond donors (Lipinski definition) is 0. The van der Waals surface area contributed by atoms with Crippen LogP contribution in [0.5, 0.6) is 0 Å². The maximum Gasteiger partial charge on any atom is 0.159 e. The van der Waals surface area contributed by atoms with Gasteiger partial charge in [0.25, 0.3) is 0 Å². The first-order chi connectivity index (χ1) is 12.7. The summed E-state index contributed by atoms with van der Waals surface area (Å²) < 4.78 is 26.4. The molecule has 0 unspecified atom stereocenters. The average molecular weight is 350 g/mol. The summed E-state index contributed by atoms with van der Waals surface area (Å²) in [5, 5.41) is 0. The molecule has 2 aromatic rings. The van der Waals surface area contributed by atoms with Crippen LogP contribution in [0, 0.1) is 35.3 Å². The number of halogens is 2. The molecule has 1 aliphatic carbocycles. The van der Waals surface area contributed by atoms with Crippen LogP contribution in [0.1, 0.15) is 44.6 Å². The van der Waals surface area contributed by atoms with Crippen molar-refractivity contribution >= 4 is 0 Å². The molecule has 1 fully saturated rings. The molecule has 0 aliphatic heterocycles. The molecule has 1 aliphatic rings. The lowest BCUT2D eigenvalue weighted by atomic mass is 9.81. The fourth-order valence-corrected chi connectivity index (χ4v) is 3.48. The third-order valence-corrected chi connectivity index (χ3v) is 5.11. The first-order valence-electron chi connectivity index (χ1n) is 9.34. The highest BCUT2D eigenvalue weighted by atomic mass is 19.2. The van der Waals surface area contributed by atoms with Crippen molar-refractivity contribution in [3.05, 3.63) is 71.8 Å². The highest BCUT2D eigenvalue weighted by Gasteiger charge is 2.18. The van der Waals surface area contributed by atoms with E-state index in [1.165, 1.54) is 38.2 Å². The standard InChI is InChI=1S/C24H24F2/c1-2-3-4-18-5-7-19(8-6-18)9-10-20-11-13-21(14-12-20)22-15-16-23(25)24(26)17-22/h2-3,11-19H,4-8H2,1H3. The predicted molar refractivity (Wildman–Crippen MR) is 104 cm³/mol. The van der Waals surface area contributed by atoms with Gasteiger partial charge in [0.2, 0.25) is 0 Å². The van der Waals surface area contributed by atoms with Gasteiger partial charge in [-0.1, -0.05) is 42.2 Å². The van der Waals surface area contributed by atoms with Crippen molar-refractivity contribution in [2.24, 2.45) is 11.8 Å². The first kappa shape index (κ1) is 18.4. The lowest BCUT2D eigenvalue weighted by Crippen LogP contribution is -2.12. The van der Waals surface area contributed by atoms with Crippen molar-refractivity contribution in [2.75, 3.05) is 0 Å². The summed E-state index contributed by atoms with van der Waals surface area (Å²) in [5.41, 5.74) is 2.49. The zero-order valence-electron chi connectivity index (χ0n) is 15.1. The fourth-order valence-electron chi connectivity index (χ4n) is 3.48. The Balaban J connectivity index is 1.60. The van der Waals surface area contributed by atoms with Crippen LogP contribution >= 0.6 is 0 Å². The van der Waals surface area contributed by atoms with Crippen molar-refractivity contribution in [1.82, 2.24) is 0 Å². The van der Waals surface area contributed by atoms with Crippen LogP contribution in [0.25, 0.3) is 11.1 Å². The van der Waals surface area contributed by atoms with E-state index in [1.807, 2.05) is 24.3 Å². The Kier molecular flexibility index (Phi) is 6.23. The van der Waals surface area contributed by atoms with Gasteiger partial charge in [-0.2, -0.15) is 0 Å². The predicted octanol–water partition coefficient (Wildman–Crippen LogP) is 6.76. The Labute approximate surface area is 155 Å². The van der Waals surface area contributed by atoms with Gasteiger partial charge in [-0.05, 0) is 80.3 Å². The molecule has 0 heterocycles. The average Bonchev–Trinajstić information content (AvgIpc) is 2.68. The molecule has 0 spiro atoms. The summed E-state index contributed by atoms with van der Waals surface area (Å²) in [7, 11) is 0. The second kappa shape index (κ2) is 8.81. The summed E-state index contributed by atoms with van der Waals surface area (Å²) >= 11 is 0. The van der Waals surface area contributed by atoms with Crippen molar-refractivity contribution in [3.63, 3.8) is 0 Å². The molecule has 3 rings (SSSR count). The van der Waals surface area contributed by atoms with Crippen LogP contribution < -0.4 is 0 Å². The van der Waals surface area contributed by atoms with Crippen LogP contribution in [0.4, 0.5) is 8.78 Å². The molecular weight excluding hydrogens is 326 g/mol. The molecule has 134 valence electrons. The monoisotopic (exact) mass is 350 g/mol. The van der Waals surface area contributed by atoms with Crippen LogP contribution in [0.15, 0.2) is 54.6 Å². The maximum absolute atomic E-state index is 13.4. The minimum absolute atomic E-state index is 0.489. The minimum Gasteiger partial charge on any atom is -0.204 e. The van der Waals surface area contributed by atoms with Crippen LogP contribution in [0.3, 0.4) is 0 Å². The third-order valence-electron chi connectivity index (χ3n) is 5.11. The van der Waals surface area contributed by atoms with Gasteiger partial charge in [-0.3, -0.25) is 0 Å².